The molecule has 1 atom stereocenters. The first-order chi connectivity index (χ1) is 9.63. The van der Waals surface area contributed by atoms with E-state index >= 15 is 0 Å². The normalized spacial score (nSPS) is 11.2. The van der Waals surface area contributed by atoms with Gasteiger partial charge in [0.25, 0.3) is 0 Å². The number of carbonyl (C=O) groups is 2. The van der Waals surface area contributed by atoms with Crippen LogP contribution in [-0.4, -0.2) is 25.5 Å². The monoisotopic (exact) mass is 275 g/mol. The molecular formula is C15H17NO4. The van der Waals surface area contributed by atoms with Gasteiger partial charge in [-0.15, -0.1) is 0 Å². The zero-order chi connectivity index (χ0) is 15.0. The first-order valence-electron chi connectivity index (χ1n) is 6.35. The minimum absolute atomic E-state index is 0.130. The topological polar surface area (TPSA) is 76.4 Å². The summed E-state index contributed by atoms with van der Waals surface area (Å²) in [6.07, 6.45) is 0.297. The molecule has 0 saturated carbocycles. The van der Waals surface area contributed by atoms with E-state index in [1.54, 1.807) is 31.2 Å². The number of carbonyl (C=O) groups excluding carboxylic acids is 2. The van der Waals surface area contributed by atoms with Crippen molar-refractivity contribution in [1.29, 1.82) is 5.26 Å². The van der Waals surface area contributed by atoms with Gasteiger partial charge in [-0.1, -0.05) is 0 Å². The van der Waals surface area contributed by atoms with Gasteiger partial charge in [-0.05, 0) is 37.6 Å². The summed E-state index contributed by atoms with van der Waals surface area (Å²) in [5.41, 5.74) is 0.404. The lowest BCUT2D eigenvalue weighted by atomic mass is 9.93. The Bertz CT molecular complexity index is 502. The Labute approximate surface area is 118 Å². The fourth-order valence-corrected chi connectivity index (χ4v) is 1.76. The number of ether oxygens (including phenoxy) is 2. The van der Waals surface area contributed by atoms with Crippen molar-refractivity contribution in [2.45, 2.75) is 19.8 Å². The molecule has 0 saturated heterocycles. The summed E-state index contributed by atoms with van der Waals surface area (Å²) < 4.78 is 9.91. The van der Waals surface area contributed by atoms with Crippen LogP contribution in [0.3, 0.4) is 0 Å². The molecule has 20 heavy (non-hydrogen) atoms. The molecule has 0 aliphatic rings. The first kappa shape index (κ1) is 15.7. The molecule has 0 radical (unpaired) electrons. The maximum absolute atomic E-state index is 12.3. The minimum Gasteiger partial charge on any atom is -0.497 e. The highest BCUT2D eigenvalue weighted by atomic mass is 16.5. The average Bonchev–Trinajstić information content (AvgIpc) is 2.48. The van der Waals surface area contributed by atoms with Gasteiger partial charge in [0, 0.05) is 12.0 Å². The van der Waals surface area contributed by atoms with Gasteiger partial charge in [-0.25, -0.2) is 0 Å². The summed E-state index contributed by atoms with van der Waals surface area (Å²) in [5.74, 6) is -1.21. The third-order valence-corrected chi connectivity index (χ3v) is 2.81. The van der Waals surface area contributed by atoms with Gasteiger partial charge in [0.15, 0.2) is 5.78 Å². The number of esters is 1. The van der Waals surface area contributed by atoms with E-state index in [9.17, 15) is 9.59 Å². The molecule has 0 N–H and O–H groups in total. The highest BCUT2D eigenvalue weighted by molar-refractivity contribution is 6.08. The van der Waals surface area contributed by atoms with Crippen LogP contribution >= 0.6 is 0 Å². The van der Waals surface area contributed by atoms with Crippen LogP contribution in [0.4, 0.5) is 0 Å². The zero-order valence-electron chi connectivity index (χ0n) is 11.6. The molecule has 106 valence electrons. The van der Waals surface area contributed by atoms with E-state index < -0.39 is 11.9 Å². The van der Waals surface area contributed by atoms with Crippen LogP contribution in [-0.2, 0) is 9.53 Å². The minimum atomic E-state index is -0.928. The smallest absolute Gasteiger partial charge is 0.316 e. The predicted molar refractivity (Wildman–Crippen MR) is 72.3 cm³/mol. The largest absolute Gasteiger partial charge is 0.497 e. The van der Waals surface area contributed by atoms with Crippen molar-refractivity contribution in [2.75, 3.05) is 13.7 Å². The Morgan fingerprint density at radius 1 is 1.30 bits per heavy atom. The molecule has 1 aromatic carbocycles. The van der Waals surface area contributed by atoms with Crippen molar-refractivity contribution in [3.05, 3.63) is 29.8 Å². The summed E-state index contributed by atoms with van der Waals surface area (Å²) in [4.78, 5) is 24.1. The molecule has 5 heteroatoms. The van der Waals surface area contributed by atoms with Crippen LogP contribution < -0.4 is 4.74 Å². The molecule has 5 nitrogen and oxygen atoms in total. The second-order valence-electron chi connectivity index (χ2n) is 4.09. The van der Waals surface area contributed by atoms with E-state index in [0.29, 0.717) is 11.3 Å². The Hall–Kier alpha value is -2.35. The van der Waals surface area contributed by atoms with E-state index in [-0.39, 0.29) is 25.2 Å². The fraction of sp³-hybridized carbons (Fsp3) is 0.400. The number of hydrogen-bond donors (Lipinski definition) is 0. The van der Waals surface area contributed by atoms with Gasteiger partial charge in [-0.3, -0.25) is 9.59 Å². The second-order valence-corrected chi connectivity index (χ2v) is 4.09. The quantitative estimate of drug-likeness (QED) is 0.433. The summed E-state index contributed by atoms with van der Waals surface area (Å²) in [6.45, 7) is 1.88. The third-order valence-electron chi connectivity index (χ3n) is 2.81. The highest BCUT2D eigenvalue weighted by Crippen LogP contribution is 2.19. The van der Waals surface area contributed by atoms with Crippen molar-refractivity contribution in [3.8, 4) is 11.8 Å². The van der Waals surface area contributed by atoms with Crippen LogP contribution in [0.1, 0.15) is 30.1 Å². The van der Waals surface area contributed by atoms with E-state index in [0.717, 1.165) is 0 Å². The van der Waals surface area contributed by atoms with E-state index in [1.165, 1.54) is 7.11 Å². The fourth-order valence-electron chi connectivity index (χ4n) is 1.76. The summed E-state index contributed by atoms with van der Waals surface area (Å²) in [6, 6.07) is 8.44. The third kappa shape index (κ3) is 4.09. The van der Waals surface area contributed by atoms with E-state index in [2.05, 4.69) is 0 Å². The van der Waals surface area contributed by atoms with Gasteiger partial charge in [-0.2, -0.15) is 5.26 Å². The Morgan fingerprint density at radius 2 is 1.95 bits per heavy atom. The standard InChI is InChI=1S/C15H17NO4/c1-3-20-15(18)13(5-4-10-16)14(17)11-6-8-12(19-2)9-7-11/h6-9,13H,3-5H2,1-2H3/t13-/m0/s1. The Balaban J connectivity index is 2.90. The molecule has 0 aliphatic carbocycles. The molecule has 0 bridgehead atoms. The van der Waals surface area contributed by atoms with Crippen molar-refractivity contribution in [2.24, 2.45) is 5.92 Å². The average molecular weight is 275 g/mol. The number of Topliss-reactive ketones (excluding diaryl/α,β-unsaturated/α-hetero) is 1. The van der Waals surface area contributed by atoms with Crippen LogP contribution in [0.15, 0.2) is 24.3 Å². The molecule has 0 heterocycles. The van der Waals surface area contributed by atoms with Crippen LogP contribution in [0, 0.1) is 17.2 Å². The van der Waals surface area contributed by atoms with Crippen LogP contribution in [0.2, 0.25) is 0 Å². The number of hydrogen-bond acceptors (Lipinski definition) is 5. The Kier molecular flexibility index (Phi) is 6.24. The van der Waals surface area contributed by atoms with E-state index in [1.807, 2.05) is 6.07 Å². The number of nitrogens with zero attached hydrogens (tertiary/aromatic N) is 1. The van der Waals surface area contributed by atoms with Crippen LogP contribution in [0.25, 0.3) is 0 Å². The van der Waals surface area contributed by atoms with Crippen molar-refractivity contribution in [1.82, 2.24) is 0 Å². The maximum atomic E-state index is 12.3. The molecule has 1 rings (SSSR count). The highest BCUT2D eigenvalue weighted by Gasteiger charge is 2.28. The van der Waals surface area contributed by atoms with Gasteiger partial charge in [0.05, 0.1) is 19.8 Å². The van der Waals surface area contributed by atoms with Crippen molar-refractivity contribution < 1.29 is 19.1 Å². The molecule has 0 aromatic heterocycles. The van der Waals surface area contributed by atoms with Crippen LogP contribution in [0.5, 0.6) is 5.75 Å². The number of ketones is 1. The van der Waals surface area contributed by atoms with Gasteiger partial charge in [0.2, 0.25) is 0 Å². The van der Waals surface area contributed by atoms with Gasteiger partial charge < -0.3 is 9.47 Å². The zero-order valence-corrected chi connectivity index (χ0v) is 11.6. The van der Waals surface area contributed by atoms with E-state index in [4.69, 9.17) is 14.7 Å². The molecule has 1 aromatic rings. The summed E-state index contributed by atoms with van der Waals surface area (Å²) >= 11 is 0. The number of benzene rings is 1. The second kappa shape index (κ2) is 7.95. The predicted octanol–water partition coefficient (Wildman–Crippen LogP) is 2.36. The lowest BCUT2D eigenvalue weighted by Gasteiger charge is -2.13. The lowest BCUT2D eigenvalue weighted by Crippen LogP contribution is -2.26. The molecule has 0 fully saturated rings. The summed E-state index contributed by atoms with van der Waals surface area (Å²) in [7, 11) is 1.53. The summed E-state index contributed by atoms with van der Waals surface area (Å²) in [5, 5.41) is 8.62. The maximum Gasteiger partial charge on any atom is 0.316 e. The van der Waals surface area contributed by atoms with Crippen molar-refractivity contribution in [3.63, 3.8) is 0 Å². The number of rotatable bonds is 7. The molecule has 0 aliphatic heterocycles. The first-order valence-corrected chi connectivity index (χ1v) is 6.35. The van der Waals surface area contributed by atoms with Gasteiger partial charge in [0.1, 0.15) is 11.7 Å². The SMILES string of the molecule is CCOC(=O)[C@@H](CCC#N)C(=O)c1ccc(OC)cc1. The number of nitriles is 1. The molecule has 0 amide bonds. The van der Waals surface area contributed by atoms with Gasteiger partial charge >= 0.3 is 5.97 Å². The molecule has 0 spiro atoms. The molecule has 0 unspecified atom stereocenters. The number of methoxy groups -OCH3 is 1. The lowest BCUT2D eigenvalue weighted by molar-refractivity contribution is -0.146. The van der Waals surface area contributed by atoms with Crippen molar-refractivity contribution >= 4 is 11.8 Å². The Morgan fingerprint density at radius 3 is 2.45 bits per heavy atom. The molecular weight excluding hydrogens is 258 g/mol.